The zero-order chi connectivity index (χ0) is 24.5. The molecule has 0 spiro atoms. The van der Waals surface area contributed by atoms with E-state index in [1.807, 2.05) is 0 Å². The molecule has 32 heavy (non-hydrogen) atoms. The van der Waals surface area contributed by atoms with Crippen LogP contribution in [0, 0.1) is 10.1 Å². The van der Waals surface area contributed by atoms with E-state index < -0.39 is 62.6 Å². The van der Waals surface area contributed by atoms with Gasteiger partial charge in [0, 0.05) is 19.2 Å². The molecule has 2 rings (SSSR count). The van der Waals surface area contributed by atoms with Crippen LogP contribution in [0.5, 0.6) is 17.2 Å². The lowest BCUT2D eigenvalue weighted by molar-refractivity contribution is -0.385. The van der Waals surface area contributed by atoms with E-state index in [4.69, 9.17) is 16.3 Å². The van der Waals surface area contributed by atoms with Crippen molar-refractivity contribution in [2.45, 2.75) is 18.2 Å². The van der Waals surface area contributed by atoms with Gasteiger partial charge < -0.3 is 14.2 Å². The van der Waals surface area contributed by atoms with Gasteiger partial charge in [0.1, 0.15) is 11.5 Å². The van der Waals surface area contributed by atoms with Gasteiger partial charge in [-0.25, -0.2) is 4.79 Å². The van der Waals surface area contributed by atoms with Crippen molar-refractivity contribution in [1.82, 2.24) is 0 Å². The van der Waals surface area contributed by atoms with Gasteiger partial charge in [0.25, 0.3) is 0 Å². The normalized spacial score (nSPS) is 13.9. The highest BCUT2D eigenvalue weighted by molar-refractivity contribution is 6.32. The topological polar surface area (TPSA) is 87.9 Å². The number of ether oxygens (including phenoxy) is 3. The van der Waals surface area contributed by atoms with E-state index in [-0.39, 0.29) is 7.11 Å². The summed E-state index contributed by atoms with van der Waals surface area (Å²) in [6, 6.07) is 3.58. The van der Waals surface area contributed by atoms with Crippen molar-refractivity contribution >= 4 is 23.3 Å². The third-order valence-corrected chi connectivity index (χ3v) is 4.02. The van der Waals surface area contributed by atoms with E-state index in [9.17, 15) is 45.6 Å². The average molecular weight is 492 g/mol. The fourth-order valence-corrected chi connectivity index (χ4v) is 2.38. The summed E-state index contributed by atoms with van der Waals surface area (Å²) in [6.07, 6.45) is -10.6. The largest absolute Gasteiger partial charge is 0.460 e. The summed E-state index contributed by atoms with van der Waals surface area (Å²) in [5, 5.41) is 10.5. The Hall–Kier alpha value is -3.13. The van der Waals surface area contributed by atoms with Gasteiger partial charge in [-0.15, -0.1) is 0 Å². The van der Waals surface area contributed by atoms with Crippen molar-refractivity contribution in [1.29, 1.82) is 0 Å². The molecule has 0 N–H and O–H groups in total. The molecule has 0 saturated heterocycles. The SMILES string of the molecule is CO[C@@](F)(C(=O)Oc1ccc([N+](=O)[O-])c(Oc2ccc(C(F)(F)F)cc2Cl)c1)C(F)(F)F. The molecule has 0 amide bonds. The summed E-state index contributed by atoms with van der Waals surface area (Å²) in [7, 11) is 0.256. The van der Waals surface area contributed by atoms with Gasteiger partial charge in [-0.2, -0.15) is 30.7 Å². The fourth-order valence-electron chi connectivity index (χ4n) is 2.16. The first-order valence-corrected chi connectivity index (χ1v) is 8.34. The maximum absolute atomic E-state index is 13.9. The van der Waals surface area contributed by atoms with Crippen molar-refractivity contribution in [3.8, 4) is 17.2 Å². The summed E-state index contributed by atoms with van der Waals surface area (Å²) in [6.45, 7) is 0. The van der Waals surface area contributed by atoms with Crippen LogP contribution < -0.4 is 9.47 Å². The second kappa shape index (κ2) is 8.78. The molecule has 0 radical (unpaired) electrons. The van der Waals surface area contributed by atoms with E-state index in [0.29, 0.717) is 30.3 Å². The molecule has 0 aliphatic heterocycles. The molecule has 0 saturated carbocycles. The van der Waals surface area contributed by atoms with Crippen molar-refractivity contribution in [2.75, 3.05) is 7.11 Å². The molecule has 2 aromatic carbocycles. The van der Waals surface area contributed by atoms with Crippen LogP contribution in [-0.4, -0.2) is 30.0 Å². The first kappa shape index (κ1) is 25.1. The molecule has 0 aromatic heterocycles. The quantitative estimate of drug-likeness (QED) is 0.166. The number of carbonyl (C=O) groups excluding carboxylic acids is 1. The van der Waals surface area contributed by atoms with Gasteiger partial charge in [0.2, 0.25) is 5.75 Å². The van der Waals surface area contributed by atoms with E-state index in [1.165, 1.54) is 0 Å². The van der Waals surface area contributed by atoms with Crippen LogP contribution >= 0.6 is 11.6 Å². The molecular formula is C17H9ClF7NO6. The van der Waals surface area contributed by atoms with Gasteiger partial charge in [-0.05, 0) is 24.3 Å². The first-order valence-electron chi connectivity index (χ1n) is 7.96. The minimum Gasteiger partial charge on any atom is -0.448 e. The molecule has 2 aromatic rings. The number of carbonyl (C=O) groups is 1. The van der Waals surface area contributed by atoms with Gasteiger partial charge >= 0.3 is 29.9 Å². The van der Waals surface area contributed by atoms with E-state index >= 15 is 0 Å². The number of benzene rings is 2. The number of alkyl halides is 7. The van der Waals surface area contributed by atoms with Gasteiger partial charge in [-0.3, -0.25) is 10.1 Å². The zero-order valence-electron chi connectivity index (χ0n) is 15.4. The summed E-state index contributed by atoms with van der Waals surface area (Å²) in [5.41, 5.74) is -1.98. The van der Waals surface area contributed by atoms with Crippen LogP contribution in [0.2, 0.25) is 5.02 Å². The Labute approximate surface area is 178 Å². The second-order valence-electron chi connectivity index (χ2n) is 5.82. The Morgan fingerprint density at radius 2 is 1.62 bits per heavy atom. The Balaban J connectivity index is 2.41. The highest BCUT2D eigenvalue weighted by atomic mass is 35.5. The van der Waals surface area contributed by atoms with Crippen molar-refractivity contribution in [2.24, 2.45) is 0 Å². The van der Waals surface area contributed by atoms with Crippen LogP contribution in [0.15, 0.2) is 36.4 Å². The van der Waals surface area contributed by atoms with E-state index in [1.54, 1.807) is 0 Å². The third kappa shape index (κ3) is 5.19. The summed E-state index contributed by atoms with van der Waals surface area (Å²) in [4.78, 5) is 21.8. The van der Waals surface area contributed by atoms with Gasteiger partial charge in [0.05, 0.1) is 15.5 Å². The van der Waals surface area contributed by atoms with Gasteiger partial charge in [-0.1, -0.05) is 11.6 Å². The van der Waals surface area contributed by atoms with Crippen LogP contribution in [-0.2, 0) is 15.7 Å². The number of nitrogens with zero attached hydrogens (tertiary/aromatic N) is 1. The van der Waals surface area contributed by atoms with Crippen molar-refractivity contribution < 1.29 is 54.7 Å². The number of hydrogen-bond acceptors (Lipinski definition) is 6. The van der Waals surface area contributed by atoms with Crippen LogP contribution in [0.4, 0.5) is 36.4 Å². The summed E-state index contributed by atoms with van der Waals surface area (Å²) < 4.78 is 103. The molecule has 0 bridgehead atoms. The number of hydrogen-bond donors (Lipinski definition) is 0. The smallest absolute Gasteiger partial charge is 0.448 e. The summed E-state index contributed by atoms with van der Waals surface area (Å²) >= 11 is 5.70. The van der Waals surface area contributed by atoms with E-state index in [2.05, 4.69) is 9.47 Å². The number of esters is 1. The molecule has 174 valence electrons. The Morgan fingerprint density at radius 3 is 2.09 bits per heavy atom. The highest BCUT2D eigenvalue weighted by Crippen LogP contribution is 2.41. The molecule has 0 aliphatic carbocycles. The summed E-state index contributed by atoms with van der Waals surface area (Å²) in [5.74, 6) is -9.50. The first-order chi connectivity index (χ1) is 14.6. The van der Waals surface area contributed by atoms with Crippen LogP contribution in [0.25, 0.3) is 0 Å². The molecule has 0 heterocycles. The monoisotopic (exact) mass is 491 g/mol. The van der Waals surface area contributed by atoms with Crippen molar-refractivity contribution in [3.05, 3.63) is 57.1 Å². The number of halogens is 8. The number of rotatable bonds is 6. The molecule has 1 atom stereocenters. The number of methoxy groups -OCH3 is 1. The van der Waals surface area contributed by atoms with Crippen molar-refractivity contribution in [3.63, 3.8) is 0 Å². The standard InChI is InChI=1S/C17H9ClF7NO6/c1-30-15(19,17(23,24)25)14(27)31-9-3-4-11(26(28)29)13(7-9)32-12-5-2-8(6-10(12)18)16(20,21)22/h2-7H,1H3/t15-/m0/s1. The molecule has 0 unspecified atom stereocenters. The maximum Gasteiger partial charge on any atom is 0.460 e. The lowest BCUT2D eigenvalue weighted by atomic mass is 10.2. The minimum atomic E-state index is -5.81. The zero-order valence-corrected chi connectivity index (χ0v) is 16.1. The predicted octanol–water partition coefficient (Wildman–Crippen LogP) is 5.84. The predicted molar refractivity (Wildman–Crippen MR) is 92.2 cm³/mol. The second-order valence-corrected chi connectivity index (χ2v) is 6.23. The number of nitro benzene ring substituents is 1. The molecule has 0 fully saturated rings. The molecule has 0 aliphatic rings. The van der Waals surface area contributed by atoms with Crippen LogP contribution in [0.1, 0.15) is 5.56 Å². The maximum atomic E-state index is 13.9. The van der Waals surface area contributed by atoms with Gasteiger partial charge in [0.15, 0.2) is 0 Å². The molecular weight excluding hydrogens is 483 g/mol. The minimum absolute atomic E-state index is 0.256. The number of nitro groups is 1. The average Bonchev–Trinajstić information content (AvgIpc) is 2.67. The fraction of sp³-hybridized carbons (Fsp3) is 0.235. The van der Waals surface area contributed by atoms with Crippen LogP contribution in [0.3, 0.4) is 0 Å². The third-order valence-electron chi connectivity index (χ3n) is 3.73. The Kier molecular flexibility index (Phi) is 6.90. The Morgan fingerprint density at radius 1 is 1.00 bits per heavy atom. The Bertz CT molecular complexity index is 1040. The van der Waals surface area contributed by atoms with E-state index in [0.717, 1.165) is 6.07 Å². The highest BCUT2D eigenvalue weighted by Gasteiger charge is 2.64. The lowest BCUT2D eigenvalue weighted by Crippen LogP contribution is -2.51. The lowest BCUT2D eigenvalue weighted by Gasteiger charge is -2.23. The molecule has 15 heteroatoms. The molecule has 7 nitrogen and oxygen atoms in total.